The molecule has 0 aromatic heterocycles. The third-order valence-corrected chi connectivity index (χ3v) is 36.7. The third-order valence-electron chi connectivity index (χ3n) is 14.6. The zero-order valence-corrected chi connectivity index (χ0v) is 38.3. The van der Waals surface area contributed by atoms with Crippen molar-refractivity contribution in [3.05, 3.63) is 129 Å². The maximum absolute atomic E-state index is 3.19. The van der Waals surface area contributed by atoms with Gasteiger partial charge in [-0.3, -0.25) is 0 Å². The summed E-state index contributed by atoms with van der Waals surface area (Å²) < 4.78 is 4.59. The van der Waals surface area contributed by atoms with Gasteiger partial charge < -0.3 is 24.8 Å². The van der Waals surface area contributed by atoms with Crippen molar-refractivity contribution in [2.75, 3.05) is 0 Å². The van der Waals surface area contributed by atoms with E-state index in [9.17, 15) is 0 Å². The Hall–Kier alpha value is -2.19. The quantitative estimate of drug-likeness (QED) is 0.155. The van der Waals surface area contributed by atoms with Gasteiger partial charge >= 0.3 is 322 Å². The second-order valence-electron chi connectivity index (χ2n) is 18.1. The first-order chi connectivity index (χ1) is 25.4. The molecule has 2 atom stereocenters. The van der Waals surface area contributed by atoms with E-state index in [1.807, 2.05) is 11.1 Å². The Morgan fingerprint density at radius 1 is 0.463 bits per heavy atom. The number of rotatable bonds is 8. The fourth-order valence-electron chi connectivity index (χ4n) is 11.6. The Labute approximate surface area is 343 Å². The molecule has 2 unspecified atom stereocenters. The van der Waals surface area contributed by atoms with Crippen LogP contribution in [0.5, 0.6) is 0 Å². The molecule has 4 aromatic rings. The van der Waals surface area contributed by atoms with Crippen molar-refractivity contribution in [3.63, 3.8) is 0 Å². The number of allylic oxidation sites excluding steroid dienone is 2. The largest absolute Gasteiger partial charge is 1.00 e. The van der Waals surface area contributed by atoms with Crippen LogP contribution in [0.3, 0.4) is 0 Å². The van der Waals surface area contributed by atoms with Crippen LogP contribution in [0.2, 0.25) is 8.35 Å². The molecular formula is C51H60Cl2Hf. The van der Waals surface area contributed by atoms with Crippen LogP contribution in [-0.4, -0.2) is 0 Å². The monoisotopic (exact) mass is 922 g/mol. The van der Waals surface area contributed by atoms with Crippen LogP contribution in [0.4, 0.5) is 0 Å². The van der Waals surface area contributed by atoms with E-state index < -0.39 is 20.0 Å². The standard InChI is InChI=1S/2C24H27.C3H6.2ClH.Hf/c2*1-17(2)18-11-13-20(14-12-18)23-10-6-9-21-15-22(16-24(21)23)19-7-4-3-5-8-19;1-3-2;;;/h2*6,9-17,19H,3-5,7-8H2,1-2H3;1-3H2;2*1H;/q;;;;;+2/p-2. The van der Waals surface area contributed by atoms with Crippen molar-refractivity contribution in [1.29, 1.82) is 0 Å². The molecule has 3 fully saturated rings. The first-order valence-electron chi connectivity index (χ1n) is 21.3. The van der Waals surface area contributed by atoms with E-state index in [1.165, 1.54) is 104 Å². The Bertz CT molecular complexity index is 1840. The molecule has 1 heterocycles. The van der Waals surface area contributed by atoms with E-state index in [-0.39, 0.29) is 24.8 Å². The topological polar surface area (TPSA) is 0 Å². The Morgan fingerprint density at radius 3 is 1.19 bits per heavy atom. The van der Waals surface area contributed by atoms with E-state index in [2.05, 4.69) is 125 Å². The van der Waals surface area contributed by atoms with E-state index in [1.54, 1.807) is 30.6 Å². The summed E-state index contributed by atoms with van der Waals surface area (Å²) in [6.07, 6.45) is 21.2. The van der Waals surface area contributed by atoms with Crippen molar-refractivity contribution in [1.82, 2.24) is 0 Å². The van der Waals surface area contributed by atoms with Crippen molar-refractivity contribution in [3.8, 4) is 22.3 Å². The van der Waals surface area contributed by atoms with Gasteiger partial charge in [0, 0.05) is 0 Å². The number of halogens is 2. The molecule has 0 amide bonds. The van der Waals surface area contributed by atoms with Gasteiger partial charge in [0.15, 0.2) is 0 Å². The second kappa shape index (κ2) is 16.7. The number of fused-ring (bicyclic) bond motifs is 2. The predicted octanol–water partition coefficient (Wildman–Crippen LogP) is 9.41. The summed E-state index contributed by atoms with van der Waals surface area (Å²) in [5.41, 5.74) is 19.1. The Morgan fingerprint density at radius 2 is 0.852 bits per heavy atom. The van der Waals surface area contributed by atoms with Crippen molar-refractivity contribution in [2.45, 2.75) is 126 Å². The summed E-state index contributed by atoms with van der Waals surface area (Å²) in [5.74, 6) is 2.67. The van der Waals surface area contributed by atoms with Gasteiger partial charge in [0.05, 0.1) is 0 Å². The molecule has 54 heavy (non-hydrogen) atoms. The molecule has 0 spiro atoms. The van der Waals surface area contributed by atoms with Crippen LogP contribution in [0.15, 0.2) is 96.1 Å². The molecule has 0 bridgehead atoms. The first-order valence-corrected chi connectivity index (χ1v) is 30.6. The van der Waals surface area contributed by atoms with E-state index in [4.69, 9.17) is 0 Å². The predicted molar refractivity (Wildman–Crippen MR) is 221 cm³/mol. The number of hydrogen-bond donors (Lipinski definition) is 0. The molecule has 0 radical (unpaired) electrons. The minimum absolute atomic E-state index is 0. The Kier molecular flexibility index (Phi) is 12.4. The fraction of sp³-hybridized carbons (Fsp3) is 0.451. The maximum atomic E-state index is 2.81. The SMILES string of the molecule is CC(C)c1ccc(-c2cccc3c2C=C(C2CCCCC2)[CH]3[Hf+2]2([CH]3C(C4CCCCC4)=Cc4c(-c5ccc(C(C)C)cc5)cccc43)[CH2]C[CH2]2)cc1.[Cl-].[Cl-]. The van der Waals surface area contributed by atoms with Crippen LogP contribution in [0.1, 0.15) is 151 Å². The first kappa shape index (κ1) is 40.0. The van der Waals surface area contributed by atoms with Gasteiger partial charge in [-0.05, 0) is 0 Å². The van der Waals surface area contributed by atoms with Crippen molar-refractivity contribution >= 4 is 12.2 Å². The smallest absolute Gasteiger partial charge is 1.00 e. The molecule has 5 aliphatic rings. The Balaban J connectivity index is 0.00000225. The van der Waals surface area contributed by atoms with Crippen LogP contribution >= 0.6 is 0 Å². The van der Waals surface area contributed by atoms with Gasteiger partial charge in [-0.15, -0.1) is 0 Å². The molecule has 1 saturated heterocycles. The summed E-state index contributed by atoms with van der Waals surface area (Å²) in [6, 6.07) is 34.2. The molecular weight excluding hydrogens is 862 g/mol. The average molecular weight is 922 g/mol. The van der Waals surface area contributed by atoms with Crippen molar-refractivity contribution in [2.24, 2.45) is 11.8 Å². The van der Waals surface area contributed by atoms with Crippen LogP contribution in [-0.2, 0) is 20.0 Å². The summed E-state index contributed by atoms with van der Waals surface area (Å²) >= 11 is -3.19. The molecule has 9 rings (SSSR count). The third kappa shape index (κ3) is 7.04. The van der Waals surface area contributed by atoms with E-state index in [0.29, 0.717) is 11.8 Å². The molecule has 0 nitrogen and oxygen atoms in total. The maximum Gasteiger partial charge on any atom is -1.00 e. The zero-order valence-electron chi connectivity index (χ0n) is 33.2. The van der Waals surface area contributed by atoms with Crippen molar-refractivity contribution < 1.29 is 44.8 Å². The van der Waals surface area contributed by atoms with Gasteiger partial charge in [-0.2, -0.15) is 0 Å². The molecule has 4 aliphatic carbocycles. The minimum atomic E-state index is -3.19. The summed E-state index contributed by atoms with van der Waals surface area (Å²) in [5, 5.41) is 0. The van der Waals surface area contributed by atoms with Gasteiger partial charge in [0.1, 0.15) is 0 Å². The van der Waals surface area contributed by atoms with Crippen LogP contribution in [0, 0.1) is 11.8 Å². The molecule has 2 saturated carbocycles. The van der Waals surface area contributed by atoms with Gasteiger partial charge in [0.2, 0.25) is 0 Å². The normalized spacial score (nSPS) is 21.5. The van der Waals surface area contributed by atoms with Gasteiger partial charge in [-0.25, -0.2) is 0 Å². The summed E-state index contributed by atoms with van der Waals surface area (Å²) in [6.45, 7) is 9.25. The molecule has 0 N–H and O–H groups in total. The van der Waals surface area contributed by atoms with E-state index in [0.717, 1.165) is 19.2 Å². The summed E-state index contributed by atoms with van der Waals surface area (Å²) in [4.78, 5) is 0. The summed E-state index contributed by atoms with van der Waals surface area (Å²) in [7, 11) is 0. The van der Waals surface area contributed by atoms with Crippen LogP contribution < -0.4 is 24.8 Å². The second-order valence-corrected chi connectivity index (χ2v) is 34.7. The zero-order chi connectivity index (χ0) is 35.4. The van der Waals surface area contributed by atoms with Gasteiger partial charge in [0.25, 0.3) is 0 Å². The van der Waals surface area contributed by atoms with Crippen LogP contribution in [0.25, 0.3) is 34.4 Å². The number of hydrogen-bond acceptors (Lipinski definition) is 0. The van der Waals surface area contributed by atoms with Gasteiger partial charge in [-0.1, -0.05) is 0 Å². The van der Waals surface area contributed by atoms with E-state index >= 15 is 0 Å². The fourth-order valence-corrected chi connectivity index (χ4v) is 34.5. The molecule has 3 heteroatoms. The molecule has 4 aromatic carbocycles. The molecule has 1 aliphatic heterocycles. The average Bonchev–Trinajstić information content (AvgIpc) is 3.76. The molecule has 282 valence electrons. The number of benzene rings is 4. The minimum Gasteiger partial charge on any atom is -1.00 e.